The maximum Gasteiger partial charge on any atom is 0.338 e. The van der Waals surface area contributed by atoms with Gasteiger partial charge in [-0.05, 0) is 79.7 Å². The quantitative estimate of drug-likeness (QED) is 0.506. The third-order valence-electron chi connectivity index (χ3n) is 10.5. The molecule has 2 heterocycles. The topological polar surface area (TPSA) is 82.1 Å². The zero-order valence-electron chi connectivity index (χ0n) is 22.8. The number of hydrogen-bond donors (Lipinski definition) is 1. The molecule has 0 amide bonds. The van der Waals surface area contributed by atoms with Crippen molar-refractivity contribution in [1.29, 1.82) is 0 Å². The second-order valence-electron chi connectivity index (χ2n) is 12.4. The summed E-state index contributed by atoms with van der Waals surface area (Å²) in [5, 5.41) is 11.6. The zero-order chi connectivity index (χ0) is 26.7. The zero-order valence-corrected chi connectivity index (χ0v) is 22.8. The summed E-state index contributed by atoms with van der Waals surface area (Å²) >= 11 is 0. The van der Waals surface area contributed by atoms with Crippen LogP contribution in [0.25, 0.3) is 10.8 Å². The number of esters is 2. The van der Waals surface area contributed by atoms with E-state index in [4.69, 9.17) is 14.2 Å². The Hall–Kier alpha value is -2.44. The fourth-order valence-electron chi connectivity index (χ4n) is 8.66. The molecular weight excluding hydrogens is 480 g/mol. The van der Waals surface area contributed by atoms with Crippen LogP contribution in [0, 0.1) is 30.6 Å². The number of aliphatic hydroxyl groups is 1. The van der Waals surface area contributed by atoms with Crippen LogP contribution in [0.2, 0.25) is 0 Å². The largest absolute Gasteiger partial charge is 0.457 e. The molecule has 0 unspecified atom stereocenters. The van der Waals surface area contributed by atoms with E-state index in [0.29, 0.717) is 17.9 Å². The van der Waals surface area contributed by atoms with E-state index in [0.717, 1.165) is 54.9 Å². The van der Waals surface area contributed by atoms with Crippen LogP contribution < -0.4 is 0 Å². The van der Waals surface area contributed by atoms with Crippen LogP contribution in [0.5, 0.6) is 0 Å². The molecule has 2 bridgehead atoms. The number of ether oxygens (including phenoxy) is 3. The number of benzene rings is 2. The minimum absolute atomic E-state index is 0.115. The number of carbonyl (C=O) groups excluding carboxylic acids is 2. The SMILES string of the molecule is Cc1c(C(=O)O[C@H]2[C@@H]3[C@H](C)CC[C@H]3[C@]3(C)O[C@@]2(C2CCCCC2)C[C@H]3OC(=O)CO)ccc2ccccc12. The van der Waals surface area contributed by atoms with Gasteiger partial charge in [-0.2, -0.15) is 0 Å². The van der Waals surface area contributed by atoms with Crippen LogP contribution in [0.4, 0.5) is 0 Å². The van der Waals surface area contributed by atoms with E-state index in [1.807, 2.05) is 37.3 Å². The molecule has 7 atom stereocenters. The number of aliphatic hydroxyl groups excluding tert-OH is 1. The first kappa shape index (κ1) is 25.8. The highest BCUT2D eigenvalue weighted by Gasteiger charge is 2.73. The third kappa shape index (κ3) is 3.90. The molecule has 38 heavy (non-hydrogen) atoms. The van der Waals surface area contributed by atoms with Gasteiger partial charge in [-0.15, -0.1) is 0 Å². The lowest BCUT2D eigenvalue weighted by Gasteiger charge is -2.54. The molecule has 1 N–H and O–H groups in total. The molecular formula is C32H40O6. The standard InChI is InChI=1S/C32H40O6/c1-19-13-16-25-28(19)29(37-30(35)24-15-14-21-9-7-8-12-23(21)20(24)2)32(22-10-5-4-6-11-22)17-26(31(25,3)38-32)36-27(34)18-33/h7-9,12,14-15,19,22,25-26,28-29,33H,4-6,10-11,13,16-18H2,1-3H3/t19-,25-,26-,28-,29+,31+,32-/m1/s1. The van der Waals surface area contributed by atoms with Crippen molar-refractivity contribution in [3.63, 3.8) is 0 Å². The van der Waals surface area contributed by atoms with Crippen LogP contribution in [0.3, 0.4) is 0 Å². The molecule has 4 aliphatic rings. The predicted octanol–water partition coefficient (Wildman–Crippen LogP) is 5.75. The lowest BCUT2D eigenvalue weighted by atomic mass is 9.66. The van der Waals surface area contributed by atoms with Crippen molar-refractivity contribution >= 4 is 22.7 Å². The Morgan fingerprint density at radius 2 is 1.79 bits per heavy atom. The Morgan fingerprint density at radius 1 is 1.03 bits per heavy atom. The molecule has 0 spiro atoms. The van der Waals surface area contributed by atoms with Gasteiger partial charge in [-0.1, -0.05) is 56.5 Å². The van der Waals surface area contributed by atoms with Crippen molar-refractivity contribution in [1.82, 2.24) is 0 Å². The number of aryl methyl sites for hydroxylation is 1. The van der Waals surface area contributed by atoms with Gasteiger partial charge >= 0.3 is 11.9 Å². The van der Waals surface area contributed by atoms with Crippen molar-refractivity contribution in [3.8, 4) is 0 Å². The van der Waals surface area contributed by atoms with Gasteiger partial charge in [0.15, 0.2) is 0 Å². The third-order valence-corrected chi connectivity index (χ3v) is 10.5. The minimum Gasteiger partial charge on any atom is -0.457 e. The van der Waals surface area contributed by atoms with Gasteiger partial charge in [0.25, 0.3) is 0 Å². The van der Waals surface area contributed by atoms with Gasteiger partial charge < -0.3 is 19.3 Å². The maximum atomic E-state index is 14.0. The van der Waals surface area contributed by atoms with Crippen molar-refractivity contribution in [3.05, 3.63) is 47.5 Å². The Kier molecular flexibility index (Phi) is 6.55. The Morgan fingerprint density at radius 3 is 2.55 bits per heavy atom. The summed E-state index contributed by atoms with van der Waals surface area (Å²) in [7, 11) is 0. The van der Waals surface area contributed by atoms with Crippen LogP contribution in [-0.4, -0.2) is 47.1 Å². The van der Waals surface area contributed by atoms with Crippen LogP contribution in [-0.2, 0) is 19.0 Å². The second-order valence-corrected chi connectivity index (χ2v) is 12.4. The first-order chi connectivity index (χ1) is 18.3. The normalized spacial score (nSPS) is 36.7. The molecule has 6 heteroatoms. The molecule has 2 aliphatic heterocycles. The molecule has 4 fully saturated rings. The summed E-state index contributed by atoms with van der Waals surface area (Å²) in [4.78, 5) is 26.3. The van der Waals surface area contributed by atoms with Crippen LogP contribution >= 0.6 is 0 Å². The van der Waals surface area contributed by atoms with Crippen LogP contribution in [0.15, 0.2) is 36.4 Å². The lowest BCUT2D eigenvalue weighted by Crippen LogP contribution is -2.63. The highest BCUT2D eigenvalue weighted by atomic mass is 16.6. The fraction of sp³-hybridized carbons (Fsp3) is 0.625. The van der Waals surface area contributed by atoms with Gasteiger partial charge in [-0.3, -0.25) is 0 Å². The number of carbonyl (C=O) groups is 2. The van der Waals surface area contributed by atoms with E-state index >= 15 is 0 Å². The molecule has 2 saturated heterocycles. The molecule has 2 aliphatic carbocycles. The molecule has 6 rings (SSSR count). The van der Waals surface area contributed by atoms with Gasteiger partial charge in [-0.25, -0.2) is 9.59 Å². The highest BCUT2D eigenvalue weighted by molar-refractivity contribution is 5.98. The van der Waals surface area contributed by atoms with Gasteiger partial charge in [0.1, 0.15) is 30.0 Å². The first-order valence-corrected chi connectivity index (χ1v) is 14.5. The van der Waals surface area contributed by atoms with E-state index < -0.39 is 36.0 Å². The number of hydrogen-bond acceptors (Lipinski definition) is 6. The van der Waals surface area contributed by atoms with Gasteiger partial charge in [0.2, 0.25) is 0 Å². The smallest absolute Gasteiger partial charge is 0.338 e. The van der Waals surface area contributed by atoms with Crippen LogP contribution in [0.1, 0.15) is 81.1 Å². The monoisotopic (exact) mass is 520 g/mol. The fourth-order valence-corrected chi connectivity index (χ4v) is 8.66. The average molecular weight is 521 g/mol. The average Bonchev–Trinajstić information content (AvgIpc) is 3.44. The molecule has 6 nitrogen and oxygen atoms in total. The predicted molar refractivity (Wildman–Crippen MR) is 144 cm³/mol. The van der Waals surface area contributed by atoms with E-state index in [1.54, 1.807) is 0 Å². The first-order valence-electron chi connectivity index (χ1n) is 14.5. The maximum absolute atomic E-state index is 14.0. The molecule has 0 radical (unpaired) electrons. The highest BCUT2D eigenvalue weighted by Crippen LogP contribution is 2.64. The summed E-state index contributed by atoms with van der Waals surface area (Å²) in [5.74, 6) is -0.0584. The van der Waals surface area contributed by atoms with Crippen molar-refractivity contribution in [2.24, 2.45) is 23.7 Å². The van der Waals surface area contributed by atoms with Crippen molar-refractivity contribution in [2.75, 3.05) is 6.61 Å². The van der Waals surface area contributed by atoms with Crippen molar-refractivity contribution < 1.29 is 28.9 Å². The minimum atomic E-state index is -0.699. The summed E-state index contributed by atoms with van der Waals surface area (Å²) in [5.41, 5.74) is 0.174. The molecule has 2 aromatic carbocycles. The summed E-state index contributed by atoms with van der Waals surface area (Å²) in [6.45, 7) is 5.71. The van der Waals surface area contributed by atoms with Gasteiger partial charge in [0.05, 0.1) is 5.56 Å². The van der Waals surface area contributed by atoms with E-state index in [2.05, 4.69) is 19.9 Å². The summed E-state index contributed by atoms with van der Waals surface area (Å²) in [6, 6.07) is 12.0. The summed E-state index contributed by atoms with van der Waals surface area (Å²) in [6.07, 6.45) is 7.10. The second kappa shape index (κ2) is 9.63. The van der Waals surface area contributed by atoms with E-state index in [9.17, 15) is 14.7 Å². The molecule has 204 valence electrons. The molecule has 0 aromatic heterocycles. The lowest BCUT2D eigenvalue weighted by molar-refractivity contribution is -0.265. The Balaban J connectivity index is 1.42. The van der Waals surface area contributed by atoms with Crippen molar-refractivity contribution in [2.45, 2.75) is 95.5 Å². The molecule has 2 aromatic rings. The Labute approximate surface area is 225 Å². The number of fused-ring (bicyclic) bond motifs is 5. The number of rotatable bonds is 5. The molecule has 2 saturated carbocycles. The van der Waals surface area contributed by atoms with Gasteiger partial charge in [0, 0.05) is 12.3 Å². The Bertz CT molecular complexity index is 1230. The summed E-state index contributed by atoms with van der Waals surface area (Å²) < 4.78 is 19.7. The van der Waals surface area contributed by atoms with E-state index in [-0.39, 0.29) is 23.7 Å². The van der Waals surface area contributed by atoms with E-state index in [1.165, 1.54) is 6.42 Å².